The predicted molar refractivity (Wildman–Crippen MR) is 103 cm³/mol. The molecule has 0 saturated carbocycles. The zero-order valence-corrected chi connectivity index (χ0v) is 15.6. The van der Waals surface area contributed by atoms with Gasteiger partial charge in [-0.1, -0.05) is 0 Å². The van der Waals surface area contributed by atoms with Gasteiger partial charge in [0.2, 0.25) is 0 Å². The van der Waals surface area contributed by atoms with Gasteiger partial charge in [0.15, 0.2) is 0 Å². The SMILES string of the molecule is Cc1ncc(CO)c([C@H](O)N2CC3CC(C2)c2cc4nccnc4cc23)c1O. The number of aromatic nitrogens is 3. The maximum Gasteiger partial charge on any atom is 0.144 e. The van der Waals surface area contributed by atoms with E-state index in [9.17, 15) is 15.3 Å². The minimum Gasteiger partial charge on any atom is -0.506 e. The zero-order valence-electron chi connectivity index (χ0n) is 15.6. The van der Waals surface area contributed by atoms with E-state index in [4.69, 9.17) is 0 Å². The number of aliphatic hydroxyl groups is 2. The number of aromatic hydroxyl groups is 1. The van der Waals surface area contributed by atoms with Crippen LogP contribution in [-0.2, 0) is 6.61 Å². The molecular formula is C21H22N4O3. The Morgan fingerprint density at radius 1 is 1.07 bits per heavy atom. The van der Waals surface area contributed by atoms with Gasteiger partial charge in [-0.2, -0.15) is 0 Å². The topological polar surface area (TPSA) is 103 Å². The molecule has 5 rings (SSSR count). The molecule has 3 aromatic rings. The summed E-state index contributed by atoms with van der Waals surface area (Å²) in [5.41, 5.74) is 5.60. The second kappa shape index (κ2) is 6.48. The van der Waals surface area contributed by atoms with E-state index in [1.54, 1.807) is 19.3 Å². The molecule has 28 heavy (non-hydrogen) atoms. The van der Waals surface area contributed by atoms with Crippen molar-refractivity contribution in [2.45, 2.75) is 38.0 Å². The van der Waals surface area contributed by atoms with Gasteiger partial charge in [-0.05, 0) is 48.4 Å². The van der Waals surface area contributed by atoms with Crippen LogP contribution in [0.1, 0.15) is 52.4 Å². The van der Waals surface area contributed by atoms with Gasteiger partial charge in [0.05, 0.1) is 23.3 Å². The van der Waals surface area contributed by atoms with Crippen LogP contribution in [0.2, 0.25) is 0 Å². The van der Waals surface area contributed by atoms with Crippen LogP contribution < -0.4 is 0 Å². The first kappa shape index (κ1) is 17.5. The molecule has 0 spiro atoms. The van der Waals surface area contributed by atoms with Crippen LogP contribution in [0, 0.1) is 6.92 Å². The molecule has 1 fully saturated rings. The predicted octanol–water partition coefficient (Wildman–Crippen LogP) is 2.11. The molecule has 1 aromatic carbocycles. The summed E-state index contributed by atoms with van der Waals surface area (Å²) in [5, 5.41) is 31.2. The fourth-order valence-corrected chi connectivity index (χ4v) is 4.78. The van der Waals surface area contributed by atoms with Gasteiger partial charge < -0.3 is 15.3 Å². The summed E-state index contributed by atoms with van der Waals surface area (Å²) in [6, 6.07) is 4.26. The number of likely N-dealkylation sites (tertiary alicyclic amines) is 1. The molecular weight excluding hydrogens is 356 g/mol. The number of rotatable bonds is 3. The first-order valence-corrected chi connectivity index (χ1v) is 9.51. The summed E-state index contributed by atoms with van der Waals surface area (Å²) in [7, 11) is 0. The van der Waals surface area contributed by atoms with E-state index in [2.05, 4.69) is 27.1 Å². The summed E-state index contributed by atoms with van der Waals surface area (Å²) >= 11 is 0. The average Bonchev–Trinajstić information content (AvgIpc) is 2.97. The first-order chi connectivity index (χ1) is 13.6. The fourth-order valence-electron chi connectivity index (χ4n) is 4.78. The molecule has 2 unspecified atom stereocenters. The number of hydrogen-bond acceptors (Lipinski definition) is 7. The minimum absolute atomic E-state index is 0.0476. The third kappa shape index (κ3) is 2.58. The summed E-state index contributed by atoms with van der Waals surface area (Å²) in [6.07, 6.45) is 4.98. The molecule has 2 aromatic heterocycles. The third-order valence-corrected chi connectivity index (χ3v) is 6.16. The Balaban J connectivity index is 1.51. The Hall–Kier alpha value is -2.61. The zero-order chi connectivity index (χ0) is 19.4. The minimum atomic E-state index is -0.992. The molecule has 0 radical (unpaired) electrons. The van der Waals surface area contributed by atoms with E-state index in [0.29, 0.717) is 41.7 Å². The lowest BCUT2D eigenvalue weighted by molar-refractivity contribution is -0.0193. The number of nitrogens with zero attached hydrogens (tertiary/aromatic N) is 4. The van der Waals surface area contributed by atoms with Crippen molar-refractivity contribution in [3.8, 4) is 5.75 Å². The normalized spacial score (nSPS) is 22.4. The van der Waals surface area contributed by atoms with Crippen LogP contribution in [0.4, 0.5) is 0 Å². The Bertz CT molecular complexity index is 1020. The van der Waals surface area contributed by atoms with Gasteiger partial charge in [-0.15, -0.1) is 0 Å². The van der Waals surface area contributed by atoms with Crippen molar-refractivity contribution in [1.29, 1.82) is 0 Å². The largest absolute Gasteiger partial charge is 0.506 e. The van der Waals surface area contributed by atoms with Crippen molar-refractivity contribution in [2.24, 2.45) is 0 Å². The molecule has 144 valence electrons. The summed E-state index contributed by atoms with van der Waals surface area (Å²) in [5.74, 6) is 0.559. The molecule has 2 bridgehead atoms. The lowest BCUT2D eigenvalue weighted by atomic mass is 9.94. The van der Waals surface area contributed by atoms with Crippen LogP contribution >= 0.6 is 0 Å². The number of piperidine rings is 1. The van der Waals surface area contributed by atoms with Crippen molar-refractivity contribution in [1.82, 2.24) is 19.9 Å². The monoisotopic (exact) mass is 378 g/mol. The van der Waals surface area contributed by atoms with E-state index < -0.39 is 6.23 Å². The van der Waals surface area contributed by atoms with Crippen LogP contribution in [0.25, 0.3) is 11.0 Å². The van der Waals surface area contributed by atoms with Gasteiger partial charge in [0.1, 0.15) is 12.0 Å². The van der Waals surface area contributed by atoms with Crippen molar-refractivity contribution in [3.63, 3.8) is 0 Å². The summed E-state index contributed by atoms with van der Waals surface area (Å²) < 4.78 is 0. The number of fused-ring (bicyclic) bond motifs is 6. The van der Waals surface area contributed by atoms with Crippen molar-refractivity contribution >= 4 is 11.0 Å². The van der Waals surface area contributed by atoms with Crippen LogP contribution in [0.15, 0.2) is 30.7 Å². The highest BCUT2D eigenvalue weighted by atomic mass is 16.3. The number of hydrogen-bond donors (Lipinski definition) is 3. The standard InChI is InChI=1S/C21H22N4O3/c1-11-20(27)19(14(10-26)7-24-11)21(28)25-8-12-4-13(9-25)16-6-18-17(5-15(12)16)22-2-3-23-18/h2-3,5-7,12-13,21,26-28H,4,8-10H2,1H3/t12?,13?,21-/m0/s1. The molecule has 2 aliphatic rings. The van der Waals surface area contributed by atoms with E-state index in [0.717, 1.165) is 17.5 Å². The van der Waals surface area contributed by atoms with E-state index >= 15 is 0 Å². The highest BCUT2D eigenvalue weighted by Crippen LogP contribution is 2.48. The Morgan fingerprint density at radius 3 is 2.25 bits per heavy atom. The molecule has 3 atom stereocenters. The molecule has 1 aliphatic heterocycles. The van der Waals surface area contributed by atoms with Crippen LogP contribution in [-0.4, -0.2) is 48.3 Å². The lowest BCUT2D eigenvalue weighted by Crippen LogP contribution is -2.38. The molecule has 1 saturated heterocycles. The van der Waals surface area contributed by atoms with E-state index in [1.165, 1.54) is 17.3 Å². The smallest absolute Gasteiger partial charge is 0.144 e. The molecule has 7 heteroatoms. The Labute approximate surface area is 162 Å². The molecule has 3 N–H and O–H groups in total. The molecule has 0 amide bonds. The number of pyridine rings is 1. The van der Waals surface area contributed by atoms with Crippen LogP contribution in [0.3, 0.4) is 0 Å². The second-order valence-electron chi connectivity index (χ2n) is 7.77. The molecule has 3 heterocycles. The van der Waals surface area contributed by atoms with E-state index in [-0.39, 0.29) is 12.4 Å². The maximum absolute atomic E-state index is 11.1. The number of benzene rings is 1. The first-order valence-electron chi connectivity index (χ1n) is 9.51. The number of aryl methyl sites for hydroxylation is 1. The molecule has 7 nitrogen and oxygen atoms in total. The summed E-state index contributed by atoms with van der Waals surface area (Å²) in [6.45, 7) is 2.77. The van der Waals surface area contributed by atoms with Gasteiger partial charge in [0, 0.05) is 42.8 Å². The van der Waals surface area contributed by atoms with Gasteiger partial charge in [0.25, 0.3) is 0 Å². The van der Waals surface area contributed by atoms with Crippen molar-refractivity contribution < 1.29 is 15.3 Å². The van der Waals surface area contributed by atoms with Crippen molar-refractivity contribution in [2.75, 3.05) is 13.1 Å². The summed E-state index contributed by atoms with van der Waals surface area (Å²) in [4.78, 5) is 14.9. The second-order valence-corrected chi connectivity index (χ2v) is 7.77. The van der Waals surface area contributed by atoms with Gasteiger partial charge >= 0.3 is 0 Å². The number of aliphatic hydroxyl groups excluding tert-OH is 2. The molecule has 1 aliphatic carbocycles. The Kier molecular flexibility index (Phi) is 4.04. The van der Waals surface area contributed by atoms with Gasteiger partial charge in [-0.3, -0.25) is 19.9 Å². The Morgan fingerprint density at radius 2 is 1.68 bits per heavy atom. The average molecular weight is 378 g/mol. The van der Waals surface area contributed by atoms with Gasteiger partial charge in [-0.25, -0.2) is 0 Å². The highest BCUT2D eigenvalue weighted by molar-refractivity contribution is 5.77. The quantitative estimate of drug-likeness (QED) is 0.641. The third-order valence-electron chi connectivity index (χ3n) is 6.16. The van der Waals surface area contributed by atoms with Crippen molar-refractivity contribution in [3.05, 3.63) is 58.7 Å². The van der Waals surface area contributed by atoms with Crippen LogP contribution in [0.5, 0.6) is 5.75 Å². The fraction of sp³-hybridized carbons (Fsp3) is 0.381. The highest BCUT2D eigenvalue weighted by Gasteiger charge is 2.41. The maximum atomic E-state index is 11.1. The lowest BCUT2D eigenvalue weighted by Gasteiger charge is -2.36. The van der Waals surface area contributed by atoms with E-state index in [1.807, 2.05) is 4.90 Å².